The van der Waals surface area contributed by atoms with E-state index in [9.17, 15) is 13.2 Å². The lowest BCUT2D eigenvalue weighted by atomic mass is 9.93. The summed E-state index contributed by atoms with van der Waals surface area (Å²) >= 11 is 0. The van der Waals surface area contributed by atoms with Crippen molar-refractivity contribution in [2.45, 2.75) is 38.6 Å². The summed E-state index contributed by atoms with van der Waals surface area (Å²) in [4.78, 5) is 4.27. The van der Waals surface area contributed by atoms with E-state index in [4.69, 9.17) is 4.74 Å². The first-order valence-corrected chi connectivity index (χ1v) is 11.4. The standard InChI is InChI=1S/C26H24F3N5O/c1-16-14-33(15-30-16)22-8-6-17(11-23(22)35-2)7-9-24-31-32-26-19(5-3-4-10-34(24)26)18-12-20(27)25(29)21(28)13-18/h6-9,11-15,19H,3-5,10H2,1-2H3. The first kappa shape index (κ1) is 22.9. The van der Waals surface area contributed by atoms with Crippen molar-refractivity contribution < 1.29 is 17.9 Å². The Kier molecular flexibility index (Phi) is 6.15. The highest BCUT2D eigenvalue weighted by molar-refractivity contribution is 5.69. The number of aryl methyl sites for hydroxylation is 1. The van der Waals surface area contributed by atoms with E-state index in [1.54, 1.807) is 13.4 Å². The van der Waals surface area contributed by atoms with Crippen molar-refractivity contribution in [2.24, 2.45) is 0 Å². The minimum atomic E-state index is -1.46. The van der Waals surface area contributed by atoms with E-state index in [-0.39, 0.29) is 5.92 Å². The van der Waals surface area contributed by atoms with E-state index in [0.29, 0.717) is 35.9 Å². The predicted octanol–water partition coefficient (Wildman–Crippen LogP) is 5.68. The molecule has 0 amide bonds. The fourth-order valence-corrected chi connectivity index (χ4v) is 4.51. The molecule has 0 N–H and O–H groups in total. The molecule has 35 heavy (non-hydrogen) atoms. The van der Waals surface area contributed by atoms with Gasteiger partial charge < -0.3 is 13.9 Å². The molecule has 4 aromatic rings. The number of benzene rings is 2. The van der Waals surface area contributed by atoms with Gasteiger partial charge in [-0.25, -0.2) is 18.2 Å². The maximum absolute atomic E-state index is 13.9. The van der Waals surface area contributed by atoms with Gasteiger partial charge in [-0.15, -0.1) is 10.2 Å². The SMILES string of the molecule is COc1cc(C=Cc2nnc3n2CCCCC3c2cc(F)c(F)c(F)c2)ccc1-n1cnc(C)c1. The van der Waals surface area contributed by atoms with Crippen LogP contribution in [0.1, 0.15) is 53.7 Å². The lowest BCUT2D eigenvalue weighted by molar-refractivity contribution is 0.413. The Morgan fingerprint density at radius 3 is 2.54 bits per heavy atom. The van der Waals surface area contributed by atoms with Crippen molar-refractivity contribution in [3.05, 3.63) is 88.8 Å². The first-order chi connectivity index (χ1) is 16.9. The largest absolute Gasteiger partial charge is 0.495 e. The van der Waals surface area contributed by atoms with Crippen molar-refractivity contribution in [1.29, 1.82) is 0 Å². The second kappa shape index (κ2) is 9.40. The lowest BCUT2D eigenvalue weighted by Crippen LogP contribution is -2.10. The fourth-order valence-electron chi connectivity index (χ4n) is 4.51. The Morgan fingerprint density at radius 2 is 1.83 bits per heavy atom. The molecule has 1 aliphatic heterocycles. The number of methoxy groups -OCH3 is 1. The summed E-state index contributed by atoms with van der Waals surface area (Å²) in [6.07, 6.45) is 9.82. The summed E-state index contributed by atoms with van der Waals surface area (Å²) in [5.41, 5.74) is 3.06. The van der Waals surface area contributed by atoms with E-state index in [2.05, 4.69) is 15.2 Å². The van der Waals surface area contributed by atoms with Gasteiger partial charge in [0.25, 0.3) is 0 Å². The summed E-state index contributed by atoms with van der Waals surface area (Å²) in [6, 6.07) is 7.96. The second-order valence-electron chi connectivity index (χ2n) is 8.60. The Hall–Kier alpha value is -3.88. The molecule has 0 bridgehead atoms. The van der Waals surface area contributed by atoms with Crippen LogP contribution >= 0.6 is 0 Å². The zero-order valence-corrected chi connectivity index (χ0v) is 19.4. The van der Waals surface area contributed by atoms with Crippen LogP contribution in [0.25, 0.3) is 17.8 Å². The normalized spacial score (nSPS) is 15.9. The fraction of sp³-hybridized carbons (Fsp3) is 0.269. The topological polar surface area (TPSA) is 57.8 Å². The lowest BCUT2D eigenvalue weighted by Gasteiger charge is -2.15. The molecule has 0 aliphatic carbocycles. The molecule has 1 aliphatic rings. The Labute approximate surface area is 200 Å². The summed E-state index contributed by atoms with van der Waals surface area (Å²) in [7, 11) is 1.62. The second-order valence-corrected chi connectivity index (χ2v) is 8.60. The molecule has 0 saturated carbocycles. The van der Waals surface area contributed by atoms with Gasteiger partial charge >= 0.3 is 0 Å². The van der Waals surface area contributed by atoms with E-state index >= 15 is 0 Å². The van der Waals surface area contributed by atoms with Gasteiger partial charge in [0.15, 0.2) is 23.3 Å². The van der Waals surface area contributed by atoms with Crippen LogP contribution in [-0.4, -0.2) is 31.4 Å². The number of rotatable bonds is 5. The molecule has 0 radical (unpaired) electrons. The van der Waals surface area contributed by atoms with Crippen LogP contribution < -0.4 is 4.74 Å². The zero-order chi connectivity index (χ0) is 24.5. The first-order valence-electron chi connectivity index (χ1n) is 11.4. The van der Waals surface area contributed by atoms with Gasteiger partial charge in [-0.3, -0.25) is 0 Å². The van der Waals surface area contributed by atoms with Gasteiger partial charge in [0.1, 0.15) is 11.6 Å². The molecule has 0 spiro atoms. The van der Waals surface area contributed by atoms with Gasteiger partial charge in [0, 0.05) is 18.7 Å². The predicted molar refractivity (Wildman–Crippen MR) is 126 cm³/mol. The molecule has 180 valence electrons. The highest BCUT2D eigenvalue weighted by Gasteiger charge is 2.26. The van der Waals surface area contributed by atoms with Crippen LogP contribution in [0, 0.1) is 24.4 Å². The van der Waals surface area contributed by atoms with Crippen molar-refractivity contribution in [3.63, 3.8) is 0 Å². The number of hydrogen-bond donors (Lipinski definition) is 0. The van der Waals surface area contributed by atoms with E-state index in [0.717, 1.165) is 41.9 Å². The molecule has 0 fully saturated rings. The van der Waals surface area contributed by atoms with Crippen molar-refractivity contribution in [3.8, 4) is 11.4 Å². The summed E-state index contributed by atoms with van der Waals surface area (Å²) in [5, 5.41) is 8.67. The minimum Gasteiger partial charge on any atom is -0.495 e. The maximum atomic E-state index is 13.9. The average Bonchev–Trinajstić information content (AvgIpc) is 3.40. The van der Waals surface area contributed by atoms with E-state index < -0.39 is 17.5 Å². The number of halogens is 3. The Bertz CT molecular complexity index is 1380. The van der Waals surface area contributed by atoms with Gasteiger partial charge in [-0.2, -0.15) is 0 Å². The molecule has 2 aromatic carbocycles. The summed E-state index contributed by atoms with van der Waals surface area (Å²) < 4.78 is 50.7. The molecular formula is C26H24F3N5O. The third-order valence-electron chi connectivity index (χ3n) is 6.27. The molecule has 0 saturated heterocycles. The molecule has 3 heterocycles. The summed E-state index contributed by atoms with van der Waals surface area (Å²) in [6.45, 7) is 2.61. The highest BCUT2D eigenvalue weighted by Crippen LogP contribution is 2.34. The molecule has 1 atom stereocenters. The summed E-state index contributed by atoms with van der Waals surface area (Å²) in [5.74, 6) is -2.26. The third-order valence-corrected chi connectivity index (χ3v) is 6.27. The van der Waals surface area contributed by atoms with Crippen molar-refractivity contribution >= 4 is 12.2 Å². The number of ether oxygens (including phenoxy) is 1. The number of nitrogens with zero attached hydrogens (tertiary/aromatic N) is 5. The third kappa shape index (κ3) is 4.45. The van der Waals surface area contributed by atoms with Crippen LogP contribution in [0.15, 0.2) is 42.9 Å². The molecule has 6 nitrogen and oxygen atoms in total. The van der Waals surface area contributed by atoms with Crippen LogP contribution in [0.4, 0.5) is 13.2 Å². The zero-order valence-electron chi connectivity index (χ0n) is 19.4. The van der Waals surface area contributed by atoms with Crippen molar-refractivity contribution in [1.82, 2.24) is 24.3 Å². The highest BCUT2D eigenvalue weighted by atomic mass is 19.2. The molecule has 9 heteroatoms. The van der Waals surface area contributed by atoms with E-state index in [1.807, 2.05) is 52.6 Å². The number of aromatic nitrogens is 5. The van der Waals surface area contributed by atoms with Gasteiger partial charge in [-0.1, -0.05) is 18.6 Å². The van der Waals surface area contributed by atoms with E-state index in [1.165, 1.54) is 0 Å². The molecule has 1 unspecified atom stereocenters. The molecule has 5 rings (SSSR count). The Morgan fingerprint density at radius 1 is 1.03 bits per heavy atom. The molecular weight excluding hydrogens is 455 g/mol. The van der Waals surface area contributed by atoms with Gasteiger partial charge in [-0.05, 0) is 61.2 Å². The monoisotopic (exact) mass is 479 g/mol. The number of hydrogen-bond acceptors (Lipinski definition) is 4. The molecule has 2 aromatic heterocycles. The number of fused-ring (bicyclic) bond motifs is 1. The average molecular weight is 480 g/mol. The van der Waals surface area contributed by atoms with Crippen LogP contribution in [0.3, 0.4) is 0 Å². The smallest absolute Gasteiger partial charge is 0.194 e. The Balaban J connectivity index is 1.45. The minimum absolute atomic E-state index is 0.363. The van der Waals surface area contributed by atoms with Crippen molar-refractivity contribution in [2.75, 3.05) is 7.11 Å². The van der Waals surface area contributed by atoms with Gasteiger partial charge in [0.2, 0.25) is 0 Å². The number of imidazole rings is 1. The van der Waals surface area contributed by atoms with Crippen LogP contribution in [-0.2, 0) is 6.54 Å². The van der Waals surface area contributed by atoms with Crippen LogP contribution in [0.5, 0.6) is 5.75 Å². The maximum Gasteiger partial charge on any atom is 0.194 e. The van der Waals surface area contributed by atoms with Crippen LogP contribution in [0.2, 0.25) is 0 Å². The quantitative estimate of drug-likeness (QED) is 0.346. The van der Waals surface area contributed by atoms with Gasteiger partial charge in [0.05, 0.1) is 24.8 Å².